The fourth-order valence-electron chi connectivity index (χ4n) is 3.91. The van der Waals surface area contributed by atoms with E-state index in [1.165, 1.54) is 23.1 Å². The van der Waals surface area contributed by atoms with E-state index in [1.54, 1.807) is 12.1 Å². The third-order valence-electron chi connectivity index (χ3n) is 5.79. The number of benzene rings is 2. The summed E-state index contributed by atoms with van der Waals surface area (Å²) in [5.41, 5.74) is -0.167. The Balaban J connectivity index is 1.26. The molecule has 0 unspecified atom stereocenters. The SMILES string of the molecule is O=C(NCCc1ccccc1)Nc1ccc(N2CCN(C(=O)c3ccccc3C(F)(F)F)CC2)nn1. The van der Waals surface area contributed by atoms with Gasteiger partial charge in [-0.3, -0.25) is 10.1 Å². The molecule has 0 atom stereocenters. The lowest BCUT2D eigenvalue weighted by Gasteiger charge is -2.35. The standard InChI is InChI=1S/C25H25F3N6O2/c26-25(27,28)20-9-5-4-8-19(20)23(35)34-16-14-33(15-17-34)22-11-10-21(31-32-22)30-24(36)29-13-12-18-6-2-1-3-7-18/h1-11H,12-17H2,(H2,29,30,31,36). The van der Waals surface area contributed by atoms with Crippen LogP contribution in [0.4, 0.5) is 29.6 Å². The minimum atomic E-state index is -4.60. The van der Waals surface area contributed by atoms with Crippen LogP contribution in [-0.2, 0) is 12.6 Å². The maximum atomic E-state index is 13.3. The molecule has 1 aliphatic rings. The van der Waals surface area contributed by atoms with Gasteiger partial charge in [0.25, 0.3) is 5.91 Å². The second kappa shape index (κ2) is 11.1. The zero-order valence-corrected chi connectivity index (χ0v) is 19.3. The fraction of sp³-hybridized carbons (Fsp3) is 0.280. The molecule has 3 amide bonds. The molecule has 1 saturated heterocycles. The number of urea groups is 1. The third kappa shape index (κ3) is 6.29. The van der Waals surface area contributed by atoms with Crippen LogP contribution in [0.15, 0.2) is 66.7 Å². The molecule has 36 heavy (non-hydrogen) atoms. The molecule has 0 radical (unpaired) electrons. The largest absolute Gasteiger partial charge is 0.417 e. The first-order valence-corrected chi connectivity index (χ1v) is 11.4. The average Bonchev–Trinajstić information content (AvgIpc) is 2.89. The van der Waals surface area contributed by atoms with Crippen LogP contribution in [0.25, 0.3) is 0 Å². The topological polar surface area (TPSA) is 90.5 Å². The summed E-state index contributed by atoms with van der Waals surface area (Å²) < 4.78 is 39.8. The number of nitrogens with one attached hydrogen (secondary N) is 2. The van der Waals surface area contributed by atoms with E-state index in [1.807, 2.05) is 35.2 Å². The molecule has 3 aromatic rings. The van der Waals surface area contributed by atoms with Crippen molar-refractivity contribution in [1.82, 2.24) is 20.4 Å². The van der Waals surface area contributed by atoms with Gasteiger partial charge in [0.15, 0.2) is 11.6 Å². The van der Waals surface area contributed by atoms with Gasteiger partial charge in [0.1, 0.15) is 0 Å². The van der Waals surface area contributed by atoms with Crippen LogP contribution in [-0.4, -0.2) is 59.8 Å². The summed E-state index contributed by atoms with van der Waals surface area (Å²) in [4.78, 5) is 28.1. The lowest BCUT2D eigenvalue weighted by molar-refractivity contribution is -0.138. The van der Waals surface area contributed by atoms with E-state index in [0.29, 0.717) is 31.9 Å². The van der Waals surface area contributed by atoms with E-state index in [4.69, 9.17) is 0 Å². The first-order valence-electron chi connectivity index (χ1n) is 11.4. The Hall–Kier alpha value is -4.15. The van der Waals surface area contributed by atoms with Crippen molar-refractivity contribution in [3.63, 3.8) is 0 Å². The van der Waals surface area contributed by atoms with Crippen molar-refractivity contribution < 1.29 is 22.8 Å². The molecule has 1 aromatic heterocycles. The quantitative estimate of drug-likeness (QED) is 0.539. The summed E-state index contributed by atoms with van der Waals surface area (Å²) in [5, 5.41) is 13.6. The molecule has 0 aliphatic carbocycles. The Kier molecular flexibility index (Phi) is 7.67. The smallest absolute Gasteiger partial charge is 0.352 e. The van der Waals surface area contributed by atoms with E-state index in [2.05, 4.69) is 20.8 Å². The molecule has 0 bridgehead atoms. The maximum Gasteiger partial charge on any atom is 0.417 e. The van der Waals surface area contributed by atoms with Crippen LogP contribution < -0.4 is 15.5 Å². The second-order valence-electron chi connectivity index (χ2n) is 8.22. The number of alkyl halides is 3. The van der Waals surface area contributed by atoms with Crippen molar-refractivity contribution >= 4 is 23.6 Å². The molecular weight excluding hydrogens is 473 g/mol. The van der Waals surface area contributed by atoms with Gasteiger partial charge in [-0.1, -0.05) is 42.5 Å². The van der Waals surface area contributed by atoms with Crippen molar-refractivity contribution in [2.45, 2.75) is 12.6 Å². The number of carbonyl (C=O) groups excluding carboxylic acids is 2. The maximum absolute atomic E-state index is 13.3. The number of halogens is 3. The number of carbonyl (C=O) groups is 2. The van der Waals surface area contributed by atoms with Crippen LogP contribution in [0.5, 0.6) is 0 Å². The lowest BCUT2D eigenvalue weighted by atomic mass is 10.1. The van der Waals surface area contributed by atoms with Crippen molar-refractivity contribution in [3.05, 3.63) is 83.4 Å². The first kappa shape index (κ1) is 25.0. The molecule has 4 rings (SSSR count). The zero-order chi connectivity index (χ0) is 25.5. The number of hydrogen-bond acceptors (Lipinski definition) is 5. The number of anilines is 2. The highest BCUT2D eigenvalue weighted by atomic mass is 19.4. The molecule has 2 heterocycles. The van der Waals surface area contributed by atoms with Gasteiger partial charge in [0, 0.05) is 32.7 Å². The summed E-state index contributed by atoms with van der Waals surface area (Å²) in [6.07, 6.45) is -3.90. The summed E-state index contributed by atoms with van der Waals surface area (Å²) in [6, 6.07) is 17.5. The highest BCUT2D eigenvalue weighted by Gasteiger charge is 2.36. The van der Waals surface area contributed by atoms with Crippen LogP contribution in [0.1, 0.15) is 21.5 Å². The van der Waals surface area contributed by atoms with Crippen LogP contribution in [0.3, 0.4) is 0 Å². The Bertz CT molecular complexity index is 1180. The Morgan fingerprint density at radius 2 is 1.56 bits per heavy atom. The van der Waals surface area contributed by atoms with Gasteiger partial charge in [-0.2, -0.15) is 13.2 Å². The summed E-state index contributed by atoms with van der Waals surface area (Å²) in [5.74, 6) is 0.188. The molecule has 1 fully saturated rings. The molecular formula is C25H25F3N6O2. The van der Waals surface area contributed by atoms with Crippen LogP contribution >= 0.6 is 0 Å². The Morgan fingerprint density at radius 3 is 2.22 bits per heavy atom. The fourth-order valence-corrected chi connectivity index (χ4v) is 3.91. The van der Waals surface area contributed by atoms with Gasteiger partial charge >= 0.3 is 12.2 Å². The number of aromatic nitrogens is 2. The van der Waals surface area contributed by atoms with Gasteiger partial charge in [-0.25, -0.2) is 4.79 Å². The van der Waals surface area contributed by atoms with Crippen molar-refractivity contribution in [1.29, 1.82) is 0 Å². The first-order chi connectivity index (χ1) is 17.3. The van der Waals surface area contributed by atoms with E-state index in [-0.39, 0.29) is 30.5 Å². The second-order valence-corrected chi connectivity index (χ2v) is 8.22. The minimum absolute atomic E-state index is 0.247. The minimum Gasteiger partial charge on any atom is -0.352 e. The molecule has 188 valence electrons. The molecule has 1 aliphatic heterocycles. The molecule has 8 nitrogen and oxygen atoms in total. The Morgan fingerprint density at radius 1 is 0.861 bits per heavy atom. The number of amides is 3. The van der Waals surface area contributed by atoms with Crippen molar-refractivity contribution in [3.8, 4) is 0 Å². The molecule has 2 aromatic carbocycles. The third-order valence-corrected chi connectivity index (χ3v) is 5.79. The van der Waals surface area contributed by atoms with Gasteiger partial charge in [-0.05, 0) is 36.2 Å². The monoisotopic (exact) mass is 498 g/mol. The van der Waals surface area contributed by atoms with Crippen LogP contribution in [0, 0.1) is 0 Å². The van der Waals surface area contributed by atoms with E-state index < -0.39 is 17.6 Å². The number of hydrogen-bond donors (Lipinski definition) is 2. The average molecular weight is 499 g/mol. The summed E-state index contributed by atoms with van der Waals surface area (Å²) >= 11 is 0. The van der Waals surface area contributed by atoms with Gasteiger partial charge in [0.2, 0.25) is 0 Å². The van der Waals surface area contributed by atoms with Gasteiger partial charge in [-0.15, -0.1) is 10.2 Å². The Labute approximate surface area is 206 Å². The molecule has 0 spiro atoms. The van der Waals surface area contributed by atoms with E-state index in [9.17, 15) is 22.8 Å². The van der Waals surface area contributed by atoms with Crippen molar-refractivity contribution in [2.75, 3.05) is 42.9 Å². The van der Waals surface area contributed by atoms with Gasteiger partial charge in [0.05, 0.1) is 11.1 Å². The highest BCUT2D eigenvalue weighted by molar-refractivity contribution is 5.96. The predicted octanol–water partition coefficient (Wildman–Crippen LogP) is 3.82. The number of rotatable bonds is 6. The van der Waals surface area contributed by atoms with Gasteiger partial charge < -0.3 is 15.1 Å². The molecule has 11 heteroatoms. The van der Waals surface area contributed by atoms with Crippen LogP contribution in [0.2, 0.25) is 0 Å². The number of piperazine rings is 1. The summed E-state index contributed by atoms with van der Waals surface area (Å²) in [6.45, 7) is 1.74. The zero-order valence-electron chi connectivity index (χ0n) is 19.3. The molecule has 0 saturated carbocycles. The highest BCUT2D eigenvalue weighted by Crippen LogP contribution is 2.32. The lowest BCUT2D eigenvalue weighted by Crippen LogP contribution is -2.49. The molecule has 2 N–H and O–H groups in total. The number of nitrogens with zero attached hydrogens (tertiary/aromatic N) is 4. The predicted molar refractivity (Wildman–Crippen MR) is 129 cm³/mol. The van der Waals surface area contributed by atoms with E-state index >= 15 is 0 Å². The van der Waals surface area contributed by atoms with Crippen molar-refractivity contribution in [2.24, 2.45) is 0 Å². The normalized spacial score (nSPS) is 13.9. The van der Waals surface area contributed by atoms with E-state index in [0.717, 1.165) is 11.6 Å². The summed E-state index contributed by atoms with van der Waals surface area (Å²) in [7, 11) is 0.